The fourth-order valence-electron chi connectivity index (χ4n) is 2.26. The predicted molar refractivity (Wildman–Crippen MR) is 79.0 cm³/mol. The Morgan fingerprint density at radius 2 is 2.22 bits per heavy atom. The molecule has 0 amide bonds. The van der Waals surface area contributed by atoms with Crippen LogP contribution < -0.4 is 11.1 Å². The lowest BCUT2D eigenvalue weighted by molar-refractivity contribution is -0.110. The van der Waals surface area contributed by atoms with E-state index in [9.17, 15) is 0 Å². The van der Waals surface area contributed by atoms with Crippen LogP contribution in [0.1, 0.15) is 31.4 Å². The summed E-state index contributed by atoms with van der Waals surface area (Å²) in [6.07, 6.45) is 2.05. The molecule has 0 saturated carbocycles. The number of rotatable bonds is 3. The van der Waals surface area contributed by atoms with Crippen molar-refractivity contribution in [2.45, 2.75) is 32.2 Å². The summed E-state index contributed by atoms with van der Waals surface area (Å²) in [5, 5.41) is 5.93. The third-order valence-corrected chi connectivity index (χ3v) is 4.19. The molecule has 1 atom stereocenters. The summed E-state index contributed by atoms with van der Waals surface area (Å²) in [7, 11) is 0. The van der Waals surface area contributed by atoms with Gasteiger partial charge in [-0.05, 0) is 42.7 Å². The quantitative estimate of drug-likeness (QED) is 0.631. The summed E-state index contributed by atoms with van der Waals surface area (Å²) < 4.78 is 0. The number of aliphatic imine (C=N–C) groups is 1. The second-order valence-electron chi connectivity index (χ2n) is 4.93. The molecule has 18 heavy (non-hydrogen) atoms. The van der Waals surface area contributed by atoms with E-state index < -0.39 is 0 Å². The lowest BCUT2D eigenvalue weighted by Gasteiger charge is -2.31. The van der Waals surface area contributed by atoms with Crippen molar-refractivity contribution in [2.75, 3.05) is 5.75 Å². The van der Waals surface area contributed by atoms with Crippen LogP contribution in [-0.4, -0.2) is 22.2 Å². The molecule has 3 nitrogen and oxygen atoms in total. The van der Waals surface area contributed by atoms with Crippen molar-refractivity contribution in [3.05, 3.63) is 35.4 Å². The minimum absolute atomic E-state index is 0.00755. The molecule has 0 bridgehead atoms. The van der Waals surface area contributed by atoms with Crippen LogP contribution >= 0.6 is 11.8 Å². The summed E-state index contributed by atoms with van der Waals surface area (Å²) in [6, 6.07) is 8.48. The molecule has 0 aliphatic carbocycles. The fraction of sp³-hybridized carbons (Fsp3) is 0.429. The molecule has 2 rings (SSSR count). The molecule has 1 unspecified atom stereocenters. The van der Waals surface area contributed by atoms with Gasteiger partial charge in [0.2, 0.25) is 0 Å². The Kier molecular flexibility index (Phi) is 3.76. The third kappa shape index (κ3) is 2.75. The minimum Gasteiger partial charge on any atom is -0.282 e. The zero-order valence-corrected chi connectivity index (χ0v) is 11.8. The molecule has 1 heterocycles. The molecule has 4 N–H and O–H groups in total. The van der Waals surface area contributed by atoms with Gasteiger partial charge in [-0.15, -0.1) is 0 Å². The van der Waals surface area contributed by atoms with Gasteiger partial charge in [0, 0.05) is 5.75 Å². The first-order valence-electron chi connectivity index (χ1n) is 6.22. The number of nitrogens with zero attached hydrogens (tertiary/aromatic N) is 1. The number of amidine groups is 1. The Hall–Kier alpha value is -1.29. The lowest BCUT2D eigenvalue weighted by Crippen LogP contribution is -2.44. The van der Waals surface area contributed by atoms with E-state index in [1.165, 1.54) is 22.9 Å². The summed E-state index contributed by atoms with van der Waals surface area (Å²) in [4.78, 5) is 4.92. The van der Waals surface area contributed by atoms with Crippen molar-refractivity contribution in [1.29, 1.82) is 0 Å². The molecule has 0 saturated heterocycles. The van der Waals surface area contributed by atoms with E-state index in [1.54, 1.807) is 0 Å². The highest BCUT2D eigenvalue weighted by Crippen LogP contribution is 2.30. The molecule has 0 spiro atoms. The first-order valence-corrected chi connectivity index (χ1v) is 7.20. The van der Waals surface area contributed by atoms with E-state index >= 15 is 0 Å². The number of thioether (sulfide) groups is 1. The monoisotopic (exact) mass is 262 g/mol. The normalized spacial score (nSPS) is 22.2. The van der Waals surface area contributed by atoms with Crippen molar-refractivity contribution in [1.82, 2.24) is 0 Å². The molecular formula is C14H20N3S+. The second-order valence-corrected chi connectivity index (χ2v) is 5.98. The Balaban J connectivity index is 2.35. The van der Waals surface area contributed by atoms with Crippen LogP contribution in [0.15, 0.2) is 29.3 Å². The van der Waals surface area contributed by atoms with Gasteiger partial charge in [0.1, 0.15) is 0 Å². The zero-order chi connectivity index (χ0) is 13.2. The van der Waals surface area contributed by atoms with Crippen molar-refractivity contribution in [3.8, 4) is 0 Å². The van der Waals surface area contributed by atoms with Gasteiger partial charge in [-0.3, -0.25) is 16.1 Å². The zero-order valence-electron chi connectivity index (χ0n) is 10.9. The van der Waals surface area contributed by atoms with Gasteiger partial charge in [-0.25, -0.2) is 0 Å². The number of hydrogen-bond acceptors (Lipinski definition) is 2. The van der Waals surface area contributed by atoms with Gasteiger partial charge < -0.3 is 0 Å². The van der Waals surface area contributed by atoms with Gasteiger partial charge in [0.25, 0.3) is 5.17 Å². The predicted octanol–water partition coefficient (Wildman–Crippen LogP) is 1.01. The molecule has 1 aliphatic heterocycles. The third-order valence-electron chi connectivity index (χ3n) is 3.44. The molecule has 1 aromatic carbocycles. The average Bonchev–Trinajstić information content (AvgIpc) is 2.35. The molecule has 0 fully saturated rings. The van der Waals surface area contributed by atoms with Crippen molar-refractivity contribution in [3.63, 3.8) is 0 Å². The van der Waals surface area contributed by atoms with E-state index in [2.05, 4.69) is 38.1 Å². The van der Waals surface area contributed by atoms with Crippen LogP contribution in [0, 0.1) is 0 Å². The smallest absolute Gasteiger partial charge is 0.282 e. The van der Waals surface area contributed by atoms with E-state index in [-0.39, 0.29) is 5.54 Å². The maximum atomic E-state index is 5.53. The van der Waals surface area contributed by atoms with Crippen LogP contribution in [0.5, 0.6) is 0 Å². The Morgan fingerprint density at radius 1 is 1.50 bits per heavy atom. The van der Waals surface area contributed by atoms with E-state index in [1.807, 2.05) is 0 Å². The van der Waals surface area contributed by atoms with Crippen LogP contribution in [0.4, 0.5) is 0 Å². The molecule has 1 aliphatic rings. The van der Waals surface area contributed by atoms with E-state index in [0.717, 1.165) is 24.3 Å². The van der Waals surface area contributed by atoms with Crippen molar-refractivity contribution in [2.24, 2.45) is 10.7 Å². The highest BCUT2D eigenvalue weighted by atomic mass is 32.2. The number of nitrogens with two attached hydrogens (primary N) is 2. The minimum atomic E-state index is 0.00755. The van der Waals surface area contributed by atoms with Crippen LogP contribution in [0.2, 0.25) is 0 Å². The maximum absolute atomic E-state index is 5.53. The molecule has 0 radical (unpaired) electrons. The first-order chi connectivity index (χ1) is 8.54. The molecule has 0 aromatic heterocycles. The van der Waals surface area contributed by atoms with Crippen molar-refractivity contribution < 1.29 is 5.41 Å². The molecular weight excluding hydrogens is 242 g/mol. The van der Waals surface area contributed by atoms with Gasteiger partial charge in [0.05, 0.1) is 11.3 Å². The van der Waals surface area contributed by atoms with Crippen LogP contribution in [0.3, 0.4) is 0 Å². The number of fused-ring (bicyclic) bond motifs is 1. The Bertz CT molecular complexity index is 496. The Morgan fingerprint density at radius 3 is 2.89 bits per heavy atom. The standard InChI is InChI=1S/C14H19N3S/c1-3-14(2)8-10-6-4-5-7-11(10)12(17-14)9-18-13(15)16/h4-7H,3,8-9H2,1-2H3,(H3,15,16)/p+1. The highest BCUT2D eigenvalue weighted by Gasteiger charge is 2.29. The lowest BCUT2D eigenvalue weighted by atomic mass is 9.84. The average molecular weight is 262 g/mol. The molecule has 96 valence electrons. The SMILES string of the molecule is CCC1(C)Cc2ccccc2C(CSC(N)=[NH2+])=N1. The molecule has 1 aromatic rings. The van der Waals surface area contributed by atoms with E-state index in [4.69, 9.17) is 16.1 Å². The summed E-state index contributed by atoms with van der Waals surface area (Å²) in [5.41, 5.74) is 9.28. The fourth-order valence-corrected chi connectivity index (χ4v) is 2.78. The number of benzene rings is 1. The summed E-state index contributed by atoms with van der Waals surface area (Å²) >= 11 is 1.45. The van der Waals surface area contributed by atoms with Gasteiger partial charge >= 0.3 is 0 Å². The maximum Gasteiger partial charge on any atom is 0.300 e. The van der Waals surface area contributed by atoms with Crippen LogP contribution in [-0.2, 0) is 6.42 Å². The Labute approximate surface area is 112 Å². The van der Waals surface area contributed by atoms with Gasteiger partial charge in [0.15, 0.2) is 0 Å². The van der Waals surface area contributed by atoms with Crippen molar-refractivity contribution >= 4 is 22.6 Å². The topological polar surface area (TPSA) is 64.0 Å². The largest absolute Gasteiger partial charge is 0.300 e. The van der Waals surface area contributed by atoms with Gasteiger partial charge in [-0.2, -0.15) is 0 Å². The number of hydrogen-bond donors (Lipinski definition) is 2. The second kappa shape index (κ2) is 5.14. The first kappa shape index (κ1) is 13.1. The van der Waals surface area contributed by atoms with E-state index in [0.29, 0.717) is 5.17 Å². The molecule has 4 heteroatoms. The summed E-state index contributed by atoms with van der Waals surface area (Å²) in [6.45, 7) is 4.40. The van der Waals surface area contributed by atoms with Crippen LogP contribution in [0.25, 0.3) is 0 Å². The summed E-state index contributed by atoms with van der Waals surface area (Å²) in [5.74, 6) is 0.745. The highest BCUT2D eigenvalue weighted by molar-refractivity contribution is 8.14. The van der Waals surface area contributed by atoms with Gasteiger partial charge in [-0.1, -0.05) is 31.2 Å².